The van der Waals surface area contributed by atoms with Gasteiger partial charge < -0.3 is 4.74 Å². The fraction of sp³-hybridized carbons (Fsp3) is 0.643. The van der Waals surface area contributed by atoms with Gasteiger partial charge in [0.05, 0.1) is 0 Å². The molecule has 0 amide bonds. The van der Waals surface area contributed by atoms with Crippen LogP contribution in [0.3, 0.4) is 0 Å². The molecule has 0 saturated carbocycles. The fourth-order valence-electron chi connectivity index (χ4n) is 4.01. The number of benzene rings is 1. The van der Waals surface area contributed by atoms with Crippen molar-refractivity contribution in [1.29, 1.82) is 0 Å². The first-order valence-corrected chi connectivity index (χ1v) is 13.8. The van der Waals surface area contributed by atoms with Crippen LogP contribution in [0.1, 0.15) is 63.9 Å². The minimum atomic E-state index is -7.99. The maximum atomic E-state index is 14.1. The van der Waals surface area contributed by atoms with Crippen LogP contribution in [-0.4, -0.2) is 58.5 Å². The highest BCUT2D eigenvalue weighted by molar-refractivity contribution is 5.55. The summed E-state index contributed by atoms with van der Waals surface area (Å²) in [7, 11) is 0. The number of aromatic nitrogens is 2. The molecule has 3 nitrogen and oxygen atoms in total. The van der Waals surface area contributed by atoms with Crippen molar-refractivity contribution in [2.45, 2.75) is 107 Å². The van der Waals surface area contributed by atoms with Gasteiger partial charge in [-0.05, 0) is 49.1 Å². The van der Waals surface area contributed by atoms with Crippen LogP contribution >= 0.6 is 0 Å². The smallest absolute Gasteiger partial charge is 0.460 e. The third-order valence-electron chi connectivity index (χ3n) is 6.84. The van der Waals surface area contributed by atoms with Gasteiger partial charge in [-0.25, -0.2) is 14.4 Å². The summed E-state index contributed by atoms with van der Waals surface area (Å²) in [4.78, 5) is 8.53. The molecule has 2 rings (SSSR count). The third kappa shape index (κ3) is 8.69. The van der Waals surface area contributed by atoms with Crippen molar-refractivity contribution in [3.8, 4) is 17.1 Å². The molecule has 0 unspecified atom stereocenters. The second kappa shape index (κ2) is 14.7. The van der Waals surface area contributed by atoms with Crippen LogP contribution < -0.4 is 4.74 Å². The first-order chi connectivity index (χ1) is 20.6. The molecule has 0 saturated heterocycles. The Hall–Kier alpha value is -2.88. The summed E-state index contributed by atoms with van der Waals surface area (Å²) in [5.41, 5.74) is 1.43. The monoisotopic (exact) mass is 676 g/mol. The largest absolute Gasteiger partial charge is 0.491 e. The molecule has 1 atom stereocenters. The van der Waals surface area contributed by atoms with E-state index in [1.54, 1.807) is 12.4 Å². The normalized spacial score (nSPS) is 14.5. The number of nitrogens with zero attached hydrogens (tertiary/aromatic N) is 2. The first-order valence-electron chi connectivity index (χ1n) is 13.8. The van der Waals surface area contributed by atoms with E-state index in [0.717, 1.165) is 37.7 Å². The van der Waals surface area contributed by atoms with E-state index in [9.17, 15) is 61.5 Å². The Kier molecular flexibility index (Phi) is 12.5. The zero-order chi connectivity index (χ0) is 34.3. The number of ether oxygens (including phenoxy) is 1. The number of aryl methyl sites for hydroxylation is 1. The zero-order valence-corrected chi connectivity index (χ0v) is 23.7. The second-order valence-corrected chi connectivity index (χ2v) is 10.4. The quantitative estimate of drug-likeness (QED) is 0.116. The molecule has 0 spiro atoms. The number of hydrogen-bond donors (Lipinski definition) is 0. The Morgan fingerprint density at radius 2 is 1.18 bits per heavy atom. The van der Waals surface area contributed by atoms with Gasteiger partial charge in [0.1, 0.15) is 18.5 Å². The molecule has 0 N–H and O–H groups in total. The Balaban J connectivity index is 1.93. The van der Waals surface area contributed by atoms with Crippen molar-refractivity contribution in [2.24, 2.45) is 0 Å². The average molecular weight is 677 g/mol. The van der Waals surface area contributed by atoms with Crippen LogP contribution in [0, 0.1) is 0 Å². The van der Waals surface area contributed by atoms with Crippen LogP contribution in [0.15, 0.2) is 36.7 Å². The van der Waals surface area contributed by atoms with Crippen LogP contribution in [0.25, 0.3) is 11.4 Å². The van der Waals surface area contributed by atoms with E-state index >= 15 is 0 Å². The highest BCUT2D eigenvalue weighted by atomic mass is 19.4. The number of alkyl halides is 14. The van der Waals surface area contributed by atoms with Crippen molar-refractivity contribution < 1.29 is 66.2 Å². The van der Waals surface area contributed by atoms with E-state index in [1.165, 1.54) is 37.1 Å². The predicted octanol–water partition coefficient (Wildman–Crippen LogP) is 10.3. The van der Waals surface area contributed by atoms with Gasteiger partial charge in [-0.15, -0.1) is 0 Å². The molecule has 17 heteroatoms. The summed E-state index contributed by atoms with van der Waals surface area (Å²) in [5.74, 6) is -37.2. The number of hydrogen-bond acceptors (Lipinski definition) is 3. The number of rotatable bonds is 18. The van der Waals surface area contributed by atoms with E-state index in [-0.39, 0.29) is 5.75 Å². The van der Waals surface area contributed by atoms with Crippen molar-refractivity contribution >= 4 is 0 Å². The zero-order valence-electron chi connectivity index (χ0n) is 23.7. The summed E-state index contributed by atoms with van der Waals surface area (Å²) < 4.78 is 190. The van der Waals surface area contributed by atoms with Gasteiger partial charge in [-0.1, -0.05) is 39.0 Å². The predicted molar refractivity (Wildman–Crippen MR) is 135 cm³/mol. The Morgan fingerprint density at radius 1 is 0.667 bits per heavy atom. The van der Waals surface area contributed by atoms with Crippen LogP contribution in [-0.2, 0) is 6.42 Å². The minimum absolute atomic E-state index is 0.0706. The van der Waals surface area contributed by atoms with E-state index in [0.29, 0.717) is 11.4 Å². The van der Waals surface area contributed by atoms with Gasteiger partial charge in [0, 0.05) is 24.4 Å². The average Bonchev–Trinajstić information content (AvgIpc) is 2.96. The Bertz CT molecular complexity index is 1190. The maximum Gasteiger partial charge on any atom is 0.460 e. The summed E-state index contributed by atoms with van der Waals surface area (Å²) >= 11 is 0. The molecule has 2 aromatic rings. The van der Waals surface area contributed by atoms with Crippen LogP contribution in [0.4, 0.5) is 61.5 Å². The summed E-state index contributed by atoms with van der Waals surface area (Å²) in [6.07, 6.45) is -3.60. The van der Waals surface area contributed by atoms with Crippen molar-refractivity contribution in [3.63, 3.8) is 0 Å². The van der Waals surface area contributed by atoms with E-state index in [2.05, 4.69) is 16.9 Å². The molecule has 0 aliphatic carbocycles. The number of halogens is 14. The fourth-order valence-corrected chi connectivity index (χ4v) is 4.01. The molecule has 1 aromatic heterocycles. The molecule has 0 bridgehead atoms. The lowest BCUT2D eigenvalue weighted by Crippen LogP contribution is -2.70. The highest BCUT2D eigenvalue weighted by Gasteiger charge is 2.90. The Morgan fingerprint density at radius 3 is 1.71 bits per heavy atom. The lowest BCUT2D eigenvalue weighted by atomic mass is 9.91. The summed E-state index contributed by atoms with van der Waals surface area (Å²) in [6.45, 7) is 1.01. The van der Waals surface area contributed by atoms with Crippen molar-refractivity contribution in [2.75, 3.05) is 6.61 Å². The summed E-state index contributed by atoms with van der Waals surface area (Å²) in [5, 5.41) is 0. The topological polar surface area (TPSA) is 35.0 Å². The van der Waals surface area contributed by atoms with Crippen LogP contribution in [0.2, 0.25) is 0 Å². The number of unbranched alkanes of at least 4 members (excludes halogenated alkanes) is 5. The minimum Gasteiger partial charge on any atom is -0.491 e. The van der Waals surface area contributed by atoms with Gasteiger partial charge in [0.15, 0.2) is 5.82 Å². The van der Waals surface area contributed by atoms with E-state index < -0.39 is 61.4 Å². The first kappa shape index (κ1) is 38.3. The second-order valence-electron chi connectivity index (χ2n) is 10.4. The molecule has 0 aliphatic heterocycles. The lowest BCUT2D eigenvalue weighted by molar-refractivity contribution is -0.440. The van der Waals surface area contributed by atoms with E-state index in [4.69, 9.17) is 4.74 Å². The molecule has 256 valence electrons. The highest BCUT2D eigenvalue weighted by Crippen LogP contribution is 2.60. The van der Waals surface area contributed by atoms with Gasteiger partial charge in [-0.3, -0.25) is 0 Å². The van der Waals surface area contributed by atoms with Gasteiger partial charge in [0.2, 0.25) is 0 Å². The van der Waals surface area contributed by atoms with Crippen LogP contribution in [0.5, 0.6) is 5.75 Å². The molecular weight excluding hydrogens is 646 g/mol. The van der Waals surface area contributed by atoms with Crippen molar-refractivity contribution in [1.82, 2.24) is 9.97 Å². The standard InChI is InChI=1S/C28H30F14N2O/c1-2-3-4-5-6-7-8-18-15-43-22(44-16-18)19-9-11-21(12-10-19)45-17-20(29)13-14-23(30,31)24(32,33)25(34,35)26(36,37)27(38,39)28(40,41)42/h9-12,15-16,20H,2-8,13-14,17H2,1H3/t20-/m1/s1. The molecule has 0 radical (unpaired) electrons. The summed E-state index contributed by atoms with van der Waals surface area (Å²) in [6, 6.07) is 5.45. The van der Waals surface area contributed by atoms with E-state index in [1.807, 2.05) is 0 Å². The van der Waals surface area contributed by atoms with Gasteiger partial charge in [0.25, 0.3) is 0 Å². The molecule has 1 heterocycles. The third-order valence-corrected chi connectivity index (χ3v) is 6.84. The van der Waals surface area contributed by atoms with Gasteiger partial charge in [-0.2, -0.15) is 57.1 Å². The molecule has 0 aliphatic rings. The molecule has 45 heavy (non-hydrogen) atoms. The maximum absolute atomic E-state index is 14.1. The SMILES string of the molecule is CCCCCCCCc1cnc(-c2ccc(OC[C@H](F)CCC(F)(F)C(F)(F)C(F)(F)C(F)(F)C(F)(F)C(F)(F)F)cc2)nc1. The lowest BCUT2D eigenvalue weighted by Gasteiger charge is -2.39. The van der Waals surface area contributed by atoms with Gasteiger partial charge >= 0.3 is 35.8 Å². The molecule has 1 aromatic carbocycles. The van der Waals surface area contributed by atoms with Crippen molar-refractivity contribution in [3.05, 3.63) is 42.2 Å². The Labute approximate surface area is 249 Å². The molecular formula is C28H30F14N2O. The molecule has 0 fully saturated rings.